The summed E-state index contributed by atoms with van der Waals surface area (Å²) in [6.45, 7) is 8.03. The SMILES string of the molecule is Cc1ccc(C)c(C(C)NC(=O)c2oc3ccccc3c2C)c1. The molecule has 0 spiro atoms. The van der Waals surface area contributed by atoms with Gasteiger partial charge in [0.25, 0.3) is 5.91 Å². The first-order chi connectivity index (χ1) is 11.0. The summed E-state index contributed by atoms with van der Waals surface area (Å²) in [5.74, 6) is 0.218. The van der Waals surface area contributed by atoms with E-state index in [1.165, 1.54) is 11.1 Å². The highest BCUT2D eigenvalue weighted by Crippen LogP contribution is 2.26. The maximum atomic E-state index is 12.6. The summed E-state index contributed by atoms with van der Waals surface area (Å²) < 4.78 is 5.74. The van der Waals surface area contributed by atoms with Crippen LogP contribution < -0.4 is 5.32 Å². The van der Waals surface area contributed by atoms with Crippen molar-refractivity contribution in [1.82, 2.24) is 5.32 Å². The van der Waals surface area contributed by atoms with E-state index in [1.807, 2.05) is 38.1 Å². The molecule has 3 heteroatoms. The van der Waals surface area contributed by atoms with Crippen molar-refractivity contribution < 1.29 is 9.21 Å². The molecule has 0 fully saturated rings. The number of para-hydroxylation sites is 1. The lowest BCUT2D eigenvalue weighted by Crippen LogP contribution is -2.27. The van der Waals surface area contributed by atoms with E-state index in [9.17, 15) is 4.79 Å². The maximum Gasteiger partial charge on any atom is 0.287 e. The third-order valence-electron chi connectivity index (χ3n) is 4.30. The highest BCUT2D eigenvalue weighted by Gasteiger charge is 2.20. The molecule has 23 heavy (non-hydrogen) atoms. The van der Waals surface area contributed by atoms with Crippen LogP contribution in [0.4, 0.5) is 0 Å². The molecule has 118 valence electrons. The van der Waals surface area contributed by atoms with Crippen LogP contribution in [0.25, 0.3) is 11.0 Å². The number of furan rings is 1. The Labute approximate surface area is 136 Å². The van der Waals surface area contributed by atoms with Crippen LogP contribution >= 0.6 is 0 Å². The summed E-state index contributed by atoms with van der Waals surface area (Å²) in [4.78, 5) is 12.6. The first-order valence-corrected chi connectivity index (χ1v) is 7.83. The molecule has 0 saturated carbocycles. The summed E-state index contributed by atoms with van der Waals surface area (Å²) >= 11 is 0. The van der Waals surface area contributed by atoms with Gasteiger partial charge in [0.05, 0.1) is 6.04 Å². The largest absolute Gasteiger partial charge is 0.451 e. The van der Waals surface area contributed by atoms with Gasteiger partial charge >= 0.3 is 0 Å². The minimum Gasteiger partial charge on any atom is -0.451 e. The summed E-state index contributed by atoms with van der Waals surface area (Å²) in [5, 5.41) is 4.03. The van der Waals surface area contributed by atoms with E-state index in [1.54, 1.807) is 0 Å². The first-order valence-electron chi connectivity index (χ1n) is 7.83. The fourth-order valence-corrected chi connectivity index (χ4v) is 2.96. The Kier molecular flexibility index (Phi) is 3.95. The quantitative estimate of drug-likeness (QED) is 0.751. The zero-order valence-corrected chi connectivity index (χ0v) is 13.9. The van der Waals surface area contributed by atoms with Crippen LogP contribution in [-0.2, 0) is 0 Å². The Hall–Kier alpha value is -2.55. The molecule has 1 amide bonds. The van der Waals surface area contributed by atoms with Gasteiger partial charge < -0.3 is 9.73 Å². The van der Waals surface area contributed by atoms with Crippen molar-refractivity contribution in [3.63, 3.8) is 0 Å². The predicted octanol–water partition coefficient (Wildman–Crippen LogP) is 4.85. The monoisotopic (exact) mass is 307 g/mol. The standard InChI is InChI=1S/C20H21NO2/c1-12-9-10-13(2)17(11-12)15(4)21-20(22)19-14(3)16-7-5-6-8-18(16)23-19/h5-11,15H,1-4H3,(H,21,22). The number of hydrogen-bond acceptors (Lipinski definition) is 2. The van der Waals surface area contributed by atoms with E-state index >= 15 is 0 Å². The number of carbonyl (C=O) groups excluding carboxylic acids is 1. The number of rotatable bonds is 3. The molecule has 3 nitrogen and oxygen atoms in total. The van der Waals surface area contributed by atoms with Crippen molar-refractivity contribution in [2.24, 2.45) is 0 Å². The normalized spacial score (nSPS) is 12.3. The van der Waals surface area contributed by atoms with Gasteiger partial charge in [-0.3, -0.25) is 4.79 Å². The van der Waals surface area contributed by atoms with Crippen molar-refractivity contribution in [3.05, 3.63) is 70.5 Å². The van der Waals surface area contributed by atoms with Crippen molar-refractivity contribution in [2.75, 3.05) is 0 Å². The number of hydrogen-bond donors (Lipinski definition) is 1. The zero-order chi connectivity index (χ0) is 16.6. The fourth-order valence-electron chi connectivity index (χ4n) is 2.96. The summed E-state index contributed by atoms with van der Waals surface area (Å²) in [5.41, 5.74) is 5.12. The van der Waals surface area contributed by atoms with Gasteiger partial charge in [0.15, 0.2) is 5.76 Å². The van der Waals surface area contributed by atoms with Crippen LogP contribution in [0, 0.1) is 20.8 Å². The molecule has 0 aliphatic heterocycles. The average Bonchev–Trinajstić information content (AvgIpc) is 2.87. The molecule has 0 saturated heterocycles. The van der Waals surface area contributed by atoms with Crippen LogP contribution in [0.15, 0.2) is 46.9 Å². The lowest BCUT2D eigenvalue weighted by atomic mass is 10.00. The Bertz CT molecular complexity index is 876. The third-order valence-corrected chi connectivity index (χ3v) is 4.30. The highest BCUT2D eigenvalue weighted by atomic mass is 16.3. The zero-order valence-electron chi connectivity index (χ0n) is 13.9. The number of nitrogens with one attached hydrogen (secondary N) is 1. The molecule has 3 rings (SSSR count). The van der Waals surface area contributed by atoms with Crippen molar-refractivity contribution in [1.29, 1.82) is 0 Å². The van der Waals surface area contributed by atoms with E-state index in [4.69, 9.17) is 4.42 Å². The third kappa shape index (κ3) is 2.87. The molecule has 0 aliphatic rings. The van der Waals surface area contributed by atoms with E-state index in [2.05, 4.69) is 37.4 Å². The van der Waals surface area contributed by atoms with Crippen molar-refractivity contribution >= 4 is 16.9 Å². The second kappa shape index (κ2) is 5.92. The first kappa shape index (κ1) is 15.3. The molecule has 2 aromatic carbocycles. The molecule has 1 N–H and O–H groups in total. The Morgan fingerprint density at radius 1 is 1.09 bits per heavy atom. The molecule has 1 atom stereocenters. The highest BCUT2D eigenvalue weighted by molar-refractivity contribution is 5.99. The van der Waals surface area contributed by atoms with Crippen LogP contribution in [-0.4, -0.2) is 5.91 Å². The number of carbonyl (C=O) groups is 1. The fraction of sp³-hybridized carbons (Fsp3) is 0.250. The minimum atomic E-state index is -0.174. The summed E-state index contributed by atoms with van der Waals surface area (Å²) in [7, 11) is 0. The van der Waals surface area contributed by atoms with Crippen molar-refractivity contribution in [2.45, 2.75) is 33.7 Å². The van der Waals surface area contributed by atoms with E-state index in [0.717, 1.165) is 22.1 Å². The van der Waals surface area contributed by atoms with Gasteiger partial charge in [0.1, 0.15) is 5.58 Å². The van der Waals surface area contributed by atoms with Crippen LogP contribution in [0.2, 0.25) is 0 Å². The molecule has 0 radical (unpaired) electrons. The Morgan fingerprint density at radius 3 is 2.57 bits per heavy atom. The second-order valence-electron chi connectivity index (χ2n) is 6.11. The molecule has 1 unspecified atom stereocenters. The van der Waals surface area contributed by atoms with Gasteiger partial charge in [0, 0.05) is 10.9 Å². The van der Waals surface area contributed by atoms with Crippen LogP contribution in [0.5, 0.6) is 0 Å². The number of amides is 1. The second-order valence-corrected chi connectivity index (χ2v) is 6.11. The van der Waals surface area contributed by atoms with Crippen LogP contribution in [0.3, 0.4) is 0 Å². The average molecular weight is 307 g/mol. The predicted molar refractivity (Wildman–Crippen MR) is 92.7 cm³/mol. The minimum absolute atomic E-state index is 0.0741. The number of aryl methyl sites for hydroxylation is 3. The van der Waals surface area contributed by atoms with Gasteiger partial charge in [0.2, 0.25) is 0 Å². The number of fused-ring (bicyclic) bond motifs is 1. The smallest absolute Gasteiger partial charge is 0.287 e. The van der Waals surface area contributed by atoms with Gasteiger partial charge in [-0.1, -0.05) is 42.0 Å². The summed E-state index contributed by atoms with van der Waals surface area (Å²) in [6, 6.07) is 13.9. The Balaban J connectivity index is 1.88. The molecular weight excluding hydrogens is 286 g/mol. The molecule has 3 aromatic rings. The maximum absolute atomic E-state index is 12.6. The molecule has 0 bridgehead atoms. The topological polar surface area (TPSA) is 42.2 Å². The molecular formula is C20H21NO2. The Morgan fingerprint density at radius 2 is 1.83 bits per heavy atom. The van der Waals surface area contributed by atoms with Gasteiger partial charge in [-0.05, 0) is 44.9 Å². The number of benzene rings is 2. The van der Waals surface area contributed by atoms with E-state index < -0.39 is 0 Å². The molecule has 1 aromatic heterocycles. The lowest BCUT2D eigenvalue weighted by molar-refractivity contribution is 0.0913. The van der Waals surface area contributed by atoms with Gasteiger partial charge in [-0.2, -0.15) is 0 Å². The van der Waals surface area contributed by atoms with Crippen molar-refractivity contribution in [3.8, 4) is 0 Å². The molecule has 0 aliphatic carbocycles. The lowest BCUT2D eigenvalue weighted by Gasteiger charge is -2.17. The van der Waals surface area contributed by atoms with Gasteiger partial charge in [-0.15, -0.1) is 0 Å². The van der Waals surface area contributed by atoms with E-state index in [0.29, 0.717) is 5.76 Å². The van der Waals surface area contributed by atoms with E-state index in [-0.39, 0.29) is 11.9 Å². The van der Waals surface area contributed by atoms with Gasteiger partial charge in [-0.25, -0.2) is 0 Å². The summed E-state index contributed by atoms with van der Waals surface area (Å²) in [6.07, 6.45) is 0. The molecule has 1 heterocycles. The van der Waals surface area contributed by atoms with Crippen LogP contribution in [0.1, 0.15) is 45.8 Å².